The van der Waals surface area contributed by atoms with E-state index in [1.54, 1.807) is 6.20 Å². The van der Waals surface area contributed by atoms with Crippen LogP contribution in [0, 0.1) is 0 Å². The maximum Gasteiger partial charge on any atom is 0.151 e. The van der Waals surface area contributed by atoms with Gasteiger partial charge >= 0.3 is 0 Å². The van der Waals surface area contributed by atoms with Crippen LogP contribution in [0.3, 0.4) is 0 Å². The lowest BCUT2D eigenvalue weighted by Crippen LogP contribution is -2.38. The molecular formula is C19H21N5O. The fourth-order valence-corrected chi connectivity index (χ4v) is 3.30. The molecule has 0 radical (unpaired) electrons. The van der Waals surface area contributed by atoms with Crippen molar-refractivity contribution >= 4 is 5.82 Å². The zero-order valence-electron chi connectivity index (χ0n) is 14.0. The summed E-state index contributed by atoms with van der Waals surface area (Å²) in [4.78, 5) is 2.33. The van der Waals surface area contributed by atoms with Crippen molar-refractivity contribution in [3.8, 4) is 11.3 Å². The lowest BCUT2D eigenvalue weighted by molar-refractivity contribution is 0.372. The summed E-state index contributed by atoms with van der Waals surface area (Å²) < 4.78 is 5.45. The Morgan fingerprint density at radius 1 is 1.16 bits per heavy atom. The van der Waals surface area contributed by atoms with E-state index in [4.69, 9.17) is 4.52 Å². The average molecular weight is 335 g/mol. The third-order valence-corrected chi connectivity index (χ3v) is 4.54. The van der Waals surface area contributed by atoms with Gasteiger partial charge < -0.3 is 14.7 Å². The second-order valence-electron chi connectivity index (χ2n) is 6.25. The van der Waals surface area contributed by atoms with E-state index >= 15 is 0 Å². The van der Waals surface area contributed by atoms with Crippen LogP contribution in [0.1, 0.15) is 18.6 Å². The van der Waals surface area contributed by atoms with Gasteiger partial charge in [-0.05, 0) is 25.0 Å². The molecule has 2 aromatic heterocycles. The van der Waals surface area contributed by atoms with E-state index in [0.29, 0.717) is 12.6 Å². The van der Waals surface area contributed by atoms with Gasteiger partial charge in [-0.25, -0.2) is 0 Å². The molecule has 1 aromatic carbocycles. The molecule has 0 unspecified atom stereocenters. The first-order valence-electron chi connectivity index (χ1n) is 8.66. The van der Waals surface area contributed by atoms with Crippen LogP contribution in [0.4, 0.5) is 5.82 Å². The number of aromatic nitrogens is 3. The van der Waals surface area contributed by atoms with E-state index in [1.807, 2.05) is 48.5 Å². The fraction of sp³-hybridized carbons (Fsp3) is 0.316. The topological polar surface area (TPSA) is 67.1 Å². The summed E-state index contributed by atoms with van der Waals surface area (Å²) in [6, 6.07) is 16.5. The lowest BCUT2D eigenvalue weighted by Gasteiger charge is -2.25. The second-order valence-corrected chi connectivity index (χ2v) is 6.25. The maximum atomic E-state index is 5.45. The van der Waals surface area contributed by atoms with Gasteiger partial charge in [0.05, 0.1) is 6.54 Å². The molecule has 0 spiro atoms. The molecule has 1 aliphatic heterocycles. The Kier molecular flexibility index (Phi) is 4.70. The SMILES string of the molecule is c1ccc(-c2cc(CNC[C@@H]3CCCN3c3cccnn3)on2)cc1. The van der Waals surface area contributed by atoms with Crippen molar-refractivity contribution in [2.24, 2.45) is 0 Å². The predicted molar refractivity (Wildman–Crippen MR) is 96.0 cm³/mol. The van der Waals surface area contributed by atoms with E-state index in [1.165, 1.54) is 6.42 Å². The van der Waals surface area contributed by atoms with Crippen molar-refractivity contribution in [1.82, 2.24) is 20.7 Å². The Balaban J connectivity index is 1.33. The Bertz CT molecular complexity index is 790. The number of benzene rings is 1. The Hall–Kier alpha value is -2.73. The molecule has 0 aliphatic carbocycles. The van der Waals surface area contributed by atoms with Crippen LogP contribution < -0.4 is 10.2 Å². The summed E-state index contributed by atoms with van der Waals surface area (Å²) in [7, 11) is 0. The van der Waals surface area contributed by atoms with Gasteiger partial charge in [0, 0.05) is 37.0 Å². The number of hydrogen-bond donors (Lipinski definition) is 1. The zero-order chi connectivity index (χ0) is 16.9. The summed E-state index contributed by atoms with van der Waals surface area (Å²) in [5.41, 5.74) is 1.95. The molecule has 1 fully saturated rings. The molecule has 1 atom stereocenters. The second kappa shape index (κ2) is 7.44. The van der Waals surface area contributed by atoms with Crippen LogP contribution in [0.15, 0.2) is 59.3 Å². The van der Waals surface area contributed by atoms with Gasteiger partial charge in [-0.2, -0.15) is 5.10 Å². The molecule has 4 rings (SSSR count). The fourth-order valence-electron chi connectivity index (χ4n) is 3.30. The van der Waals surface area contributed by atoms with E-state index in [-0.39, 0.29) is 0 Å². The van der Waals surface area contributed by atoms with Crippen molar-refractivity contribution in [3.05, 3.63) is 60.5 Å². The summed E-state index contributed by atoms with van der Waals surface area (Å²) in [5, 5.41) is 15.9. The highest BCUT2D eigenvalue weighted by Gasteiger charge is 2.25. The molecule has 128 valence electrons. The molecule has 6 nitrogen and oxygen atoms in total. The quantitative estimate of drug-likeness (QED) is 0.747. The van der Waals surface area contributed by atoms with E-state index in [0.717, 1.165) is 42.3 Å². The smallest absolute Gasteiger partial charge is 0.151 e. The summed E-state index contributed by atoms with van der Waals surface area (Å²) >= 11 is 0. The van der Waals surface area contributed by atoms with Gasteiger partial charge in [-0.1, -0.05) is 35.5 Å². The van der Waals surface area contributed by atoms with Crippen molar-refractivity contribution in [1.29, 1.82) is 0 Å². The number of nitrogens with one attached hydrogen (secondary N) is 1. The third kappa shape index (κ3) is 3.69. The van der Waals surface area contributed by atoms with E-state index in [2.05, 4.69) is 25.6 Å². The minimum absolute atomic E-state index is 0.438. The molecule has 3 heterocycles. The highest BCUT2D eigenvalue weighted by Crippen LogP contribution is 2.23. The van der Waals surface area contributed by atoms with Gasteiger partial charge in [0.25, 0.3) is 0 Å². The van der Waals surface area contributed by atoms with Crippen molar-refractivity contribution < 1.29 is 4.52 Å². The number of anilines is 1. The van der Waals surface area contributed by atoms with Crippen LogP contribution in [-0.2, 0) is 6.54 Å². The highest BCUT2D eigenvalue weighted by atomic mass is 16.5. The van der Waals surface area contributed by atoms with Gasteiger partial charge in [0.15, 0.2) is 11.6 Å². The molecule has 0 saturated carbocycles. The standard InChI is InChI=1S/C19H21N5O/c1-2-6-15(7-3-1)18-12-17(25-23-18)14-20-13-16-8-5-11-24(16)19-9-4-10-21-22-19/h1-4,6-7,9-10,12,16,20H,5,8,11,13-14H2/t16-/m0/s1. The van der Waals surface area contributed by atoms with Crippen LogP contribution in [0.2, 0.25) is 0 Å². The monoisotopic (exact) mass is 335 g/mol. The van der Waals surface area contributed by atoms with Crippen LogP contribution in [-0.4, -0.2) is 34.5 Å². The van der Waals surface area contributed by atoms with Crippen LogP contribution in [0.5, 0.6) is 0 Å². The van der Waals surface area contributed by atoms with Gasteiger partial charge in [-0.15, -0.1) is 5.10 Å². The van der Waals surface area contributed by atoms with Crippen molar-refractivity contribution in [2.45, 2.75) is 25.4 Å². The summed E-state index contributed by atoms with van der Waals surface area (Å²) in [6.45, 7) is 2.59. The Morgan fingerprint density at radius 3 is 2.92 bits per heavy atom. The predicted octanol–water partition coefficient (Wildman–Crippen LogP) is 2.89. The van der Waals surface area contributed by atoms with Gasteiger partial charge in [0.1, 0.15) is 5.69 Å². The van der Waals surface area contributed by atoms with Crippen molar-refractivity contribution in [2.75, 3.05) is 18.0 Å². The van der Waals surface area contributed by atoms with Crippen LogP contribution >= 0.6 is 0 Å². The molecule has 1 aliphatic rings. The van der Waals surface area contributed by atoms with Crippen LogP contribution in [0.25, 0.3) is 11.3 Å². The van der Waals surface area contributed by atoms with Crippen molar-refractivity contribution in [3.63, 3.8) is 0 Å². The Labute approximate surface area is 146 Å². The molecule has 6 heteroatoms. The number of hydrogen-bond acceptors (Lipinski definition) is 6. The molecule has 25 heavy (non-hydrogen) atoms. The largest absolute Gasteiger partial charge is 0.359 e. The summed E-state index contributed by atoms with van der Waals surface area (Å²) in [6.07, 6.45) is 4.06. The normalized spacial score (nSPS) is 17.1. The molecule has 1 saturated heterocycles. The molecular weight excluding hydrogens is 314 g/mol. The summed E-state index contributed by atoms with van der Waals surface area (Å²) in [5.74, 6) is 1.81. The molecule has 1 N–H and O–H groups in total. The first kappa shape index (κ1) is 15.8. The van der Waals surface area contributed by atoms with E-state index < -0.39 is 0 Å². The first-order valence-corrected chi connectivity index (χ1v) is 8.66. The zero-order valence-corrected chi connectivity index (χ0v) is 14.0. The molecule has 3 aromatic rings. The average Bonchev–Trinajstić information content (AvgIpc) is 3.33. The lowest BCUT2D eigenvalue weighted by atomic mass is 10.1. The molecule has 0 bridgehead atoms. The number of rotatable bonds is 6. The minimum atomic E-state index is 0.438. The van der Waals surface area contributed by atoms with Gasteiger partial charge in [-0.3, -0.25) is 0 Å². The van der Waals surface area contributed by atoms with E-state index in [9.17, 15) is 0 Å². The Morgan fingerprint density at radius 2 is 2.08 bits per heavy atom. The first-order chi connectivity index (χ1) is 12.4. The van der Waals surface area contributed by atoms with Gasteiger partial charge in [0.2, 0.25) is 0 Å². The third-order valence-electron chi connectivity index (χ3n) is 4.54. The number of nitrogens with zero attached hydrogens (tertiary/aromatic N) is 4. The molecule has 0 amide bonds. The highest BCUT2D eigenvalue weighted by molar-refractivity contribution is 5.58. The maximum absolute atomic E-state index is 5.45. The minimum Gasteiger partial charge on any atom is -0.359 e.